The Morgan fingerprint density at radius 3 is 1.00 bits per heavy atom. The maximum absolute atomic E-state index is 11.9. The topological polar surface area (TPSA) is 43.4 Å². The number of carbonyl (C=O) groups excluding carboxylic acids is 2. The SMILES string of the molecule is CCCCCCCC/C=C\CCCCCCCC(=O)OC(=O)CCCCCCCCCCCCCCC. The average molecular weight is 521 g/mol. The highest BCUT2D eigenvalue weighted by atomic mass is 16.6. The van der Waals surface area contributed by atoms with Crippen LogP contribution in [0.25, 0.3) is 0 Å². The van der Waals surface area contributed by atoms with E-state index in [4.69, 9.17) is 4.74 Å². The molecule has 0 spiro atoms. The third kappa shape index (κ3) is 31.0. The zero-order valence-electron chi connectivity index (χ0n) is 25.2. The predicted molar refractivity (Wildman–Crippen MR) is 161 cm³/mol. The van der Waals surface area contributed by atoms with Gasteiger partial charge in [-0.25, -0.2) is 0 Å². The van der Waals surface area contributed by atoms with Gasteiger partial charge in [-0.1, -0.05) is 154 Å². The van der Waals surface area contributed by atoms with Crippen LogP contribution in [-0.4, -0.2) is 11.9 Å². The molecule has 0 atom stereocenters. The number of hydrogen-bond donors (Lipinski definition) is 0. The van der Waals surface area contributed by atoms with E-state index in [0.717, 1.165) is 32.1 Å². The van der Waals surface area contributed by atoms with Crippen molar-refractivity contribution in [1.82, 2.24) is 0 Å². The Bertz CT molecular complexity index is 511. The summed E-state index contributed by atoms with van der Waals surface area (Å²) in [6.07, 6.45) is 38.2. The first-order chi connectivity index (χ1) is 18.2. The van der Waals surface area contributed by atoms with Crippen LogP contribution in [0.5, 0.6) is 0 Å². The highest BCUT2D eigenvalue weighted by Gasteiger charge is 2.09. The summed E-state index contributed by atoms with van der Waals surface area (Å²) in [5.41, 5.74) is 0. The summed E-state index contributed by atoms with van der Waals surface area (Å²) in [5.74, 6) is -0.668. The summed E-state index contributed by atoms with van der Waals surface area (Å²) < 4.78 is 4.99. The summed E-state index contributed by atoms with van der Waals surface area (Å²) in [6.45, 7) is 4.53. The Kier molecular flexibility index (Phi) is 30.2. The molecule has 0 aromatic heterocycles. The molecule has 37 heavy (non-hydrogen) atoms. The van der Waals surface area contributed by atoms with E-state index in [-0.39, 0.29) is 11.9 Å². The zero-order valence-corrected chi connectivity index (χ0v) is 25.2. The number of carbonyl (C=O) groups is 2. The number of hydrogen-bond acceptors (Lipinski definition) is 3. The molecular weight excluding hydrogens is 456 g/mol. The summed E-state index contributed by atoms with van der Waals surface area (Å²) in [7, 11) is 0. The van der Waals surface area contributed by atoms with Gasteiger partial charge >= 0.3 is 11.9 Å². The maximum Gasteiger partial charge on any atom is 0.313 e. The van der Waals surface area contributed by atoms with Crippen LogP contribution in [0.4, 0.5) is 0 Å². The quantitative estimate of drug-likeness (QED) is 0.0426. The monoisotopic (exact) mass is 520 g/mol. The van der Waals surface area contributed by atoms with Crippen LogP contribution >= 0.6 is 0 Å². The molecule has 0 saturated heterocycles. The lowest BCUT2D eigenvalue weighted by Gasteiger charge is -2.04. The predicted octanol–water partition coefficient (Wildman–Crippen LogP) is 11.6. The van der Waals surface area contributed by atoms with Gasteiger partial charge in [0, 0.05) is 12.8 Å². The van der Waals surface area contributed by atoms with Crippen molar-refractivity contribution in [2.75, 3.05) is 0 Å². The van der Waals surface area contributed by atoms with E-state index in [9.17, 15) is 9.59 Å². The molecule has 218 valence electrons. The highest BCUT2D eigenvalue weighted by Crippen LogP contribution is 2.14. The third-order valence-electron chi connectivity index (χ3n) is 7.35. The lowest BCUT2D eigenvalue weighted by molar-refractivity contribution is -0.159. The second-order valence-electron chi connectivity index (χ2n) is 11.2. The van der Waals surface area contributed by atoms with E-state index in [1.54, 1.807) is 0 Å². The van der Waals surface area contributed by atoms with Gasteiger partial charge in [0.05, 0.1) is 0 Å². The van der Waals surface area contributed by atoms with Gasteiger partial charge in [-0.3, -0.25) is 9.59 Å². The van der Waals surface area contributed by atoms with Gasteiger partial charge < -0.3 is 4.74 Å². The van der Waals surface area contributed by atoms with Gasteiger partial charge in [0.2, 0.25) is 0 Å². The molecule has 0 aromatic carbocycles. The zero-order chi connectivity index (χ0) is 27.1. The fourth-order valence-corrected chi connectivity index (χ4v) is 4.86. The highest BCUT2D eigenvalue weighted by molar-refractivity contribution is 5.85. The van der Waals surface area contributed by atoms with Crippen molar-refractivity contribution < 1.29 is 14.3 Å². The minimum Gasteiger partial charge on any atom is -0.393 e. The summed E-state index contributed by atoms with van der Waals surface area (Å²) in [4.78, 5) is 23.7. The second kappa shape index (κ2) is 31.1. The van der Waals surface area contributed by atoms with Crippen LogP contribution in [0.2, 0.25) is 0 Å². The Morgan fingerprint density at radius 2 is 0.676 bits per heavy atom. The van der Waals surface area contributed by atoms with E-state index >= 15 is 0 Å². The molecular formula is C34H64O3. The molecule has 0 radical (unpaired) electrons. The Morgan fingerprint density at radius 1 is 0.405 bits per heavy atom. The number of ether oxygens (including phenoxy) is 1. The van der Waals surface area contributed by atoms with Gasteiger partial charge in [0.1, 0.15) is 0 Å². The van der Waals surface area contributed by atoms with E-state index in [1.807, 2.05) is 0 Å². The normalized spacial score (nSPS) is 11.4. The summed E-state index contributed by atoms with van der Waals surface area (Å²) >= 11 is 0. The minimum atomic E-state index is -0.336. The molecule has 0 unspecified atom stereocenters. The van der Waals surface area contributed by atoms with Crippen LogP contribution in [-0.2, 0) is 14.3 Å². The molecule has 3 nitrogen and oxygen atoms in total. The molecule has 0 aliphatic heterocycles. The third-order valence-corrected chi connectivity index (χ3v) is 7.35. The van der Waals surface area contributed by atoms with Crippen molar-refractivity contribution in [3.8, 4) is 0 Å². The molecule has 0 rings (SSSR count). The average Bonchev–Trinajstić information content (AvgIpc) is 2.89. The minimum absolute atomic E-state index is 0.333. The van der Waals surface area contributed by atoms with Gasteiger partial charge in [0.15, 0.2) is 0 Å². The van der Waals surface area contributed by atoms with Crippen LogP contribution < -0.4 is 0 Å². The molecule has 0 aromatic rings. The molecule has 0 amide bonds. The molecule has 0 bridgehead atoms. The lowest BCUT2D eigenvalue weighted by atomic mass is 10.0. The van der Waals surface area contributed by atoms with Crippen molar-refractivity contribution in [2.45, 2.75) is 194 Å². The van der Waals surface area contributed by atoms with Gasteiger partial charge in [0.25, 0.3) is 0 Å². The number of unbranched alkanes of at least 4 members (excludes halogenated alkanes) is 23. The van der Waals surface area contributed by atoms with E-state index in [2.05, 4.69) is 26.0 Å². The number of allylic oxidation sites excluding steroid dienone is 2. The maximum atomic E-state index is 11.9. The smallest absolute Gasteiger partial charge is 0.313 e. The molecule has 0 heterocycles. The number of esters is 2. The van der Waals surface area contributed by atoms with Gasteiger partial charge in [-0.15, -0.1) is 0 Å². The standard InChI is InChI=1S/C34H64O3/c1-3-5-7-9-11-13-15-17-18-20-22-24-26-28-30-32-34(36)37-33(35)31-29-27-25-23-21-19-16-14-12-10-8-6-4-2/h17-18H,3-16,19-32H2,1-2H3/b18-17-. The summed E-state index contributed by atoms with van der Waals surface area (Å²) in [5, 5.41) is 0. The second-order valence-corrected chi connectivity index (χ2v) is 11.2. The largest absolute Gasteiger partial charge is 0.393 e. The first kappa shape index (κ1) is 35.9. The molecule has 0 aliphatic carbocycles. The van der Waals surface area contributed by atoms with Gasteiger partial charge in [-0.2, -0.15) is 0 Å². The van der Waals surface area contributed by atoms with Gasteiger partial charge in [-0.05, 0) is 38.5 Å². The molecule has 0 fully saturated rings. The Hall–Kier alpha value is -1.12. The number of rotatable bonds is 29. The first-order valence-electron chi connectivity index (χ1n) is 16.6. The van der Waals surface area contributed by atoms with Crippen molar-refractivity contribution >= 4 is 11.9 Å². The Labute approximate surface area is 232 Å². The van der Waals surface area contributed by atoms with E-state index < -0.39 is 0 Å². The van der Waals surface area contributed by atoms with E-state index in [1.165, 1.54) is 135 Å². The van der Waals surface area contributed by atoms with Crippen LogP contribution in [0.15, 0.2) is 12.2 Å². The van der Waals surface area contributed by atoms with E-state index in [0.29, 0.717) is 12.8 Å². The van der Waals surface area contributed by atoms with Crippen molar-refractivity contribution in [1.29, 1.82) is 0 Å². The lowest BCUT2D eigenvalue weighted by Crippen LogP contribution is -2.11. The molecule has 0 aliphatic rings. The van der Waals surface area contributed by atoms with Crippen LogP contribution in [0.3, 0.4) is 0 Å². The first-order valence-corrected chi connectivity index (χ1v) is 16.6. The van der Waals surface area contributed by atoms with Crippen molar-refractivity contribution in [3.63, 3.8) is 0 Å². The summed E-state index contributed by atoms with van der Waals surface area (Å²) in [6, 6.07) is 0. The van der Waals surface area contributed by atoms with Crippen molar-refractivity contribution in [3.05, 3.63) is 12.2 Å². The van der Waals surface area contributed by atoms with Crippen molar-refractivity contribution in [2.24, 2.45) is 0 Å². The molecule has 0 N–H and O–H groups in total. The molecule has 3 heteroatoms. The Balaban J connectivity index is 3.33. The fraction of sp³-hybridized carbons (Fsp3) is 0.882. The van der Waals surface area contributed by atoms with Crippen LogP contribution in [0, 0.1) is 0 Å². The fourth-order valence-electron chi connectivity index (χ4n) is 4.86. The molecule has 0 saturated carbocycles. The van der Waals surface area contributed by atoms with Crippen LogP contribution in [0.1, 0.15) is 194 Å².